The van der Waals surface area contributed by atoms with Gasteiger partial charge in [0.15, 0.2) is 23.1 Å². The number of carbonyl (C=O) groups excluding carboxylic acids is 1. The molecule has 3 heterocycles. The lowest BCUT2D eigenvalue weighted by Gasteiger charge is -2.05. The second kappa shape index (κ2) is 8.87. The van der Waals surface area contributed by atoms with E-state index in [1.165, 1.54) is 12.1 Å². The van der Waals surface area contributed by atoms with Crippen LogP contribution in [0.15, 0.2) is 65.2 Å². The molecule has 5 rings (SSSR count). The molecule has 10 heteroatoms. The van der Waals surface area contributed by atoms with Crippen LogP contribution in [0.2, 0.25) is 5.02 Å². The highest BCUT2D eigenvalue weighted by atomic mass is 35.5. The molecule has 8 nitrogen and oxygen atoms in total. The van der Waals surface area contributed by atoms with E-state index in [9.17, 15) is 9.18 Å². The summed E-state index contributed by atoms with van der Waals surface area (Å²) in [6.07, 6.45) is 1.68. The number of carbonyl (C=O) groups is 1. The molecule has 0 saturated carbocycles. The number of hydrogen-bond acceptors (Lipinski definition) is 6. The van der Waals surface area contributed by atoms with Crippen molar-refractivity contribution in [3.63, 3.8) is 0 Å². The molecule has 0 spiro atoms. The number of nitrogens with one attached hydrogen (secondary N) is 1. The lowest BCUT2D eigenvalue weighted by atomic mass is 10.2. The van der Waals surface area contributed by atoms with Gasteiger partial charge in [0.1, 0.15) is 23.9 Å². The number of hydrogen-bond donors (Lipinski definition) is 1. The fourth-order valence-corrected chi connectivity index (χ4v) is 3.44. The quantitative estimate of drug-likeness (QED) is 0.415. The zero-order valence-electron chi connectivity index (χ0n) is 17.1. The summed E-state index contributed by atoms with van der Waals surface area (Å²) >= 11 is 6.06. The lowest BCUT2D eigenvalue weighted by Crippen LogP contribution is -2.12. The van der Waals surface area contributed by atoms with Crippen molar-refractivity contribution in [3.8, 4) is 17.2 Å². The number of amides is 1. The number of ether oxygens (including phenoxy) is 3. The van der Waals surface area contributed by atoms with Gasteiger partial charge in [-0.2, -0.15) is 5.10 Å². The highest BCUT2D eigenvalue weighted by Crippen LogP contribution is 2.35. The van der Waals surface area contributed by atoms with Gasteiger partial charge in [-0.25, -0.2) is 4.39 Å². The Bertz CT molecular complexity index is 1320. The maximum absolute atomic E-state index is 13.2. The number of anilines is 1. The predicted molar refractivity (Wildman–Crippen MR) is 116 cm³/mol. The number of aromatic nitrogens is 2. The third-order valence-electron chi connectivity index (χ3n) is 4.84. The molecule has 33 heavy (non-hydrogen) atoms. The molecule has 1 N–H and O–H groups in total. The molecule has 2 aromatic carbocycles. The average molecular weight is 470 g/mol. The highest BCUT2D eigenvalue weighted by Gasteiger charge is 2.16. The first-order chi connectivity index (χ1) is 16.0. The standard InChI is InChI=1S/C23H17ClFN3O5/c24-18-9-15(25)2-1-14(18)11-28-8-7-22(27-28)26-23(29)20-6-4-17(33-20)12-30-16-3-5-19-21(10-16)32-13-31-19/h1-10H,11-13H2,(H,26,27,29). The summed E-state index contributed by atoms with van der Waals surface area (Å²) in [6.45, 7) is 0.657. The van der Waals surface area contributed by atoms with Gasteiger partial charge in [0.05, 0.1) is 6.54 Å². The molecule has 1 amide bonds. The molecule has 0 radical (unpaired) electrons. The predicted octanol–water partition coefficient (Wildman–Crippen LogP) is 4.88. The van der Waals surface area contributed by atoms with Crippen molar-refractivity contribution in [2.45, 2.75) is 13.2 Å². The first kappa shape index (κ1) is 20.9. The summed E-state index contributed by atoms with van der Waals surface area (Å²) in [4.78, 5) is 12.5. The summed E-state index contributed by atoms with van der Waals surface area (Å²) < 4.78 is 36.6. The van der Waals surface area contributed by atoms with E-state index in [2.05, 4.69) is 10.4 Å². The first-order valence-electron chi connectivity index (χ1n) is 9.93. The largest absolute Gasteiger partial charge is 0.486 e. The summed E-state index contributed by atoms with van der Waals surface area (Å²) in [5.74, 6) is 1.97. The Morgan fingerprint density at radius 3 is 2.88 bits per heavy atom. The molecule has 168 valence electrons. The molecule has 0 fully saturated rings. The maximum Gasteiger partial charge on any atom is 0.292 e. The summed E-state index contributed by atoms with van der Waals surface area (Å²) in [7, 11) is 0. The molecule has 4 aromatic rings. The van der Waals surface area contributed by atoms with E-state index < -0.39 is 11.7 Å². The Hall–Kier alpha value is -3.98. The van der Waals surface area contributed by atoms with Gasteiger partial charge in [-0.15, -0.1) is 0 Å². The van der Waals surface area contributed by atoms with Crippen LogP contribution in [-0.2, 0) is 13.2 Å². The van der Waals surface area contributed by atoms with Crippen LogP contribution in [0.4, 0.5) is 10.2 Å². The molecular weight excluding hydrogens is 453 g/mol. The fourth-order valence-electron chi connectivity index (χ4n) is 3.22. The monoisotopic (exact) mass is 469 g/mol. The Kier molecular flexibility index (Phi) is 5.62. The number of rotatable bonds is 7. The molecule has 2 aromatic heterocycles. The van der Waals surface area contributed by atoms with Gasteiger partial charge >= 0.3 is 0 Å². The molecular formula is C23H17ClFN3O5. The van der Waals surface area contributed by atoms with Crippen LogP contribution >= 0.6 is 11.6 Å². The van der Waals surface area contributed by atoms with Gasteiger partial charge in [-0.3, -0.25) is 9.48 Å². The molecule has 0 aliphatic carbocycles. The van der Waals surface area contributed by atoms with Crippen LogP contribution in [0.25, 0.3) is 0 Å². The number of nitrogens with zero attached hydrogens (tertiary/aromatic N) is 2. The first-order valence-corrected chi connectivity index (χ1v) is 10.3. The normalized spacial score (nSPS) is 12.1. The van der Waals surface area contributed by atoms with E-state index in [4.69, 9.17) is 30.2 Å². The van der Waals surface area contributed by atoms with Crippen LogP contribution in [-0.4, -0.2) is 22.5 Å². The van der Waals surface area contributed by atoms with Gasteiger partial charge in [0.25, 0.3) is 5.91 Å². The van der Waals surface area contributed by atoms with Crippen molar-refractivity contribution in [1.29, 1.82) is 0 Å². The Morgan fingerprint density at radius 1 is 1.12 bits per heavy atom. The van der Waals surface area contributed by atoms with Crippen molar-refractivity contribution in [2.24, 2.45) is 0 Å². The van der Waals surface area contributed by atoms with Crippen molar-refractivity contribution in [1.82, 2.24) is 9.78 Å². The topological polar surface area (TPSA) is 87.8 Å². The summed E-state index contributed by atoms with van der Waals surface area (Å²) in [5.41, 5.74) is 0.706. The van der Waals surface area contributed by atoms with Crippen LogP contribution < -0.4 is 19.5 Å². The van der Waals surface area contributed by atoms with Crippen molar-refractivity contribution < 1.29 is 27.8 Å². The molecule has 0 bridgehead atoms. The third kappa shape index (κ3) is 4.78. The van der Waals surface area contributed by atoms with E-state index in [1.54, 1.807) is 53.3 Å². The van der Waals surface area contributed by atoms with Gasteiger partial charge < -0.3 is 23.9 Å². The highest BCUT2D eigenvalue weighted by molar-refractivity contribution is 6.31. The SMILES string of the molecule is O=C(Nc1ccn(Cc2ccc(F)cc2Cl)n1)c1ccc(COc2ccc3c(c2)OCO3)o1. The minimum absolute atomic E-state index is 0.121. The van der Waals surface area contributed by atoms with E-state index in [-0.39, 0.29) is 19.2 Å². The summed E-state index contributed by atoms with van der Waals surface area (Å²) in [6, 6.07) is 14.3. The minimum atomic E-state index is -0.450. The minimum Gasteiger partial charge on any atom is -0.486 e. The maximum atomic E-state index is 13.2. The Balaban J connectivity index is 1.17. The van der Waals surface area contributed by atoms with E-state index in [0.717, 1.165) is 0 Å². The lowest BCUT2D eigenvalue weighted by molar-refractivity contribution is 0.0992. The van der Waals surface area contributed by atoms with Crippen LogP contribution in [0.5, 0.6) is 17.2 Å². The Labute approximate surface area is 192 Å². The number of benzene rings is 2. The second-order valence-electron chi connectivity index (χ2n) is 7.16. The van der Waals surface area contributed by atoms with E-state index in [1.807, 2.05) is 0 Å². The average Bonchev–Trinajstić information content (AvgIpc) is 3.55. The Morgan fingerprint density at radius 2 is 2.00 bits per heavy atom. The molecule has 0 unspecified atom stereocenters. The second-order valence-corrected chi connectivity index (χ2v) is 7.57. The van der Waals surface area contributed by atoms with Crippen LogP contribution in [0.1, 0.15) is 21.9 Å². The van der Waals surface area contributed by atoms with Gasteiger partial charge in [0, 0.05) is 23.4 Å². The van der Waals surface area contributed by atoms with E-state index in [0.29, 0.717) is 46.0 Å². The molecule has 0 atom stereocenters. The van der Waals surface area contributed by atoms with Crippen molar-refractivity contribution in [3.05, 3.63) is 88.7 Å². The van der Waals surface area contributed by atoms with Gasteiger partial charge in [0.2, 0.25) is 6.79 Å². The van der Waals surface area contributed by atoms with Crippen LogP contribution in [0, 0.1) is 5.82 Å². The molecule has 0 saturated heterocycles. The zero-order valence-corrected chi connectivity index (χ0v) is 17.8. The van der Waals surface area contributed by atoms with Crippen molar-refractivity contribution >= 4 is 23.3 Å². The third-order valence-corrected chi connectivity index (χ3v) is 5.19. The molecule has 1 aliphatic heterocycles. The van der Waals surface area contributed by atoms with Gasteiger partial charge in [-0.05, 0) is 42.0 Å². The smallest absolute Gasteiger partial charge is 0.292 e. The fraction of sp³-hybridized carbons (Fsp3) is 0.130. The van der Waals surface area contributed by atoms with Crippen LogP contribution in [0.3, 0.4) is 0 Å². The molecule has 1 aliphatic rings. The van der Waals surface area contributed by atoms with Gasteiger partial charge in [-0.1, -0.05) is 17.7 Å². The van der Waals surface area contributed by atoms with E-state index >= 15 is 0 Å². The summed E-state index contributed by atoms with van der Waals surface area (Å²) in [5, 5.41) is 7.27. The number of halogens is 2. The van der Waals surface area contributed by atoms with Crippen molar-refractivity contribution in [2.75, 3.05) is 12.1 Å². The zero-order chi connectivity index (χ0) is 22.8. The number of furan rings is 1. The number of fused-ring (bicyclic) bond motifs is 1.